The Morgan fingerprint density at radius 2 is 2.00 bits per heavy atom. The zero-order valence-electron chi connectivity index (χ0n) is 17.1. The van der Waals surface area contributed by atoms with Crippen LogP contribution in [0.15, 0.2) is 24.3 Å². The van der Waals surface area contributed by atoms with Crippen LogP contribution in [-0.2, 0) is 6.54 Å². The van der Waals surface area contributed by atoms with Crippen molar-refractivity contribution in [2.45, 2.75) is 46.7 Å². The average Bonchev–Trinajstić information content (AvgIpc) is 3.19. The molecule has 0 spiro atoms. The molecule has 6 heteroatoms. The zero-order chi connectivity index (χ0) is 19.7. The summed E-state index contributed by atoms with van der Waals surface area (Å²) in [4.78, 5) is 18.2. The van der Waals surface area contributed by atoms with Gasteiger partial charge in [-0.1, -0.05) is 13.0 Å². The first-order valence-electron chi connectivity index (χ1n) is 9.50. The number of carbonyl (C=O) groups is 1. The SMILES string of the molecule is CCC(NC(=O)c1cc2ccc(N(C)C)cc2[nH]1)c1c(C)nn(CC)c1C. The highest BCUT2D eigenvalue weighted by atomic mass is 16.1. The van der Waals surface area contributed by atoms with Crippen LogP contribution < -0.4 is 10.2 Å². The summed E-state index contributed by atoms with van der Waals surface area (Å²) in [6, 6.07) is 8.00. The quantitative estimate of drug-likeness (QED) is 0.693. The van der Waals surface area contributed by atoms with E-state index < -0.39 is 0 Å². The van der Waals surface area contributed by atoms with Crippen LogP contribution in [0.25, 0.3) is 10.9 Å². The Labute approximate surface area is 160 Å². The Kier molecular flexibility index (Phi) is 5.26. The van der Waals surface area contributed by atoms with Gasteiger partial charge in [-0.25, -0.2) is 0 Å². The van der Waals surface area contributed by atoms with Crippen LogP contribution >= 0.6 is 0 Å². The molecule has 2 aromatic heterocycles. The molecule has 27 heavy (non-hydrogen) atoms. The topological polar surface area (TPSA) is 66.0 Å². The van der Waals surface area contributed by atoms with Crippen LogP contribution in [0.2, 0.25) is 0 Å². The first-order chi connectivity index (χ1) is 12.8. The number of aromatic nitrogens is 3. The molecule has 0 saturated heterocycles. The lowest BCUT2D eigenvalue weighted by molar-refractivity contribution is 0.0931. The molecule has 144 valence electrons. The Morgan fingerprint density at radius 3 is 2.59 bits per heavy atom. The van der Waals surface area contributed by atoms with Crippen molar-refractivity contribution in [2.75, 3.05) is 19.0 Å². The largest absolute Gasteiger partial charge is 0.378 e. The lowest BCUT2D eigenvalue weighted by Gasteiger charge is -2.17. The van der Waals surface area contributed by atoms with Crippen molar-refractivity contribution < 1.29 is 4.79 Å². The maximum atomic E-state index is 12.9. The fourth-order valence-electron chi connectivity index (χ4n) is 3.65. The highest BCUT2D eigenvalue weighted by Gasteiger charge is 2.22. The van der Waals surface area contributed by atoms with E-state index in [1.165, 1.54) is 0 Å². The second kappa shape index (κ2) is 7.47. The van der Waals surface area contributed by atoms with Crippen LogP contribution in [0.4, 0.5) is 5.69 Å². The van der Waals surface area contributed by atoms with Gasteiger partial charge in [0.1, 0.15) is 5.69 Å². The Balaban J connectivity index is 1.87. The number of amides is 1. The van der Waals surface area contributed by atoms with Gasteiger partial charge in [0.25, 0.3) is 5.91 Å². The summed E-state index contributed by atoms with van der Waals surface area (Å²) < 4.78 is 1.99. The number of fused-ring (bicyclic) bond motifs is 1. The van der Waals surface area contributed by atoms with Crippen LogP contribution in [-0.4, -0.2) is 34.8 Å². The number of nitrogens with zero attached hydrogens (tertiary/aromatic N) is 3. The Morgan fingerprint density at radius 1 is 1.26 bits per heavy atom. The molecule has 1 unspecified atom stereocenters. The van der Waals surface area contributed by atoms with Gasteiger partial charge < -0.3 is 15.2 Å². The summed E-state index contributed by atoms with van der Waals surface area (Å²) in [6.07, 6.45) is 0.813. The van der Waals surface area contributed by atoms with Gasteiger partial charge >= 0.3 is 0 Å². The number of H-pyrrole nitrogens is 1. The molecule has 0 aliphatic heterocycles. The number of nitrogens with one attached hydrogen (secondary N) is 2. The molecular formula is C21H29N5O. The molecule has 0 saturated carbocycles. The molecule has 1 atom stereocenters. The van der Waals surface area contributed by atoms with Crippen molar-refractivity contribution in [3.8, 4) is 0 Å². The van der Waals surface area contributed by atoms with Crippen LogP contribution in [0.5, 0.6) is 0 Å². The molecule has 2 heterocycles. The normalized spacial score (nSPS) is 12.4. The van der Waals surface area contributed by atoms with Gasteiger partial charge in [-0.05, 0) is 45.4 Å². The Bertz CT molecular complexity index is 967. The van der Waals surface area contributed by atoms with E-state index in [2.05, 4.69) is 48.3 Å². The standard InChI is InChI=1S/C21H29N5O/c1-7-17(20-13(3)24-26(8-2)14(20)4)23-21(27)19-11-15-9-10-16(25(5)6)12-18(15)22-19/h9-12,17,22H,7-8H2,1-6H3,(H,23,27). The van der Waals surface area contributed by atoms with Crippen LogP contribution in [0.3, 0.4) is 0 Å². The summed E-state index contributed by atoms with van der Waals surface area (Å²) >= 11 is 0. The summed E-state index contributed by atoms with van der Waals surface area (Å²) in [6.45, 7) is 9.07. The fourth-order valence-corrected chi connectivity index (χ4v) is 3.65. The second-order valence-corrected chi connectivity index (χ2v) is 7.18. The van der Waals surface area contributed by atoms with E-state index in [-0.39, 0.29) is 11.9 Å². The molecule has 0 aliphatic rings. The van der Waals surface area contributed by atoms with Crippen LogP contribution in [0, 0.1) is 13.8 Å². The zero-order valence-corrected chi connectivity index (χ0v) is 17.1. The smallest absolute Gasteiger partial charge is 0.268 e. The molecule has 3 aromatic rings. The summed E-state index contributed by atoms with van der Waals surface area (Å²) in [5.74, 6) is -0.0903. The van der Waals surface area contributed by atoms with Crippen molar-refractivity contribution in [1.82, 2.24) is 20.1 Å². The summed E-state index contributed by atoms with van der Waals surface area (Å²) in [7, 11) is 4.01. The predicted molar refractivity (Wildman–Crippen MR) is 110 cm³/mol. The number of benzene rings is 1. The Hall–Kier alpha value is -2.76. The highest BCUT2D eigenvalue weighted by Crippen LogP contribution is 2.26. The van der Waals surface area contributed by atoms with Crippen molar-refractivity contribution in [2.24, 2.45) is 0 Å². The highest BCUT2D eigenvalue weighted by molar-refractivity contribution is 5.98. The van der Waals surface area contributed by atoms with Gasteiger partial charge in [-0.15, -0.1) is 0 Å². The molecule has 2 N–H and O–H groups in total. The molecule has 0 bridgehead atoms. The van der Waals surface area contributed by atoms with Gasteiger partial charge in [0.05, 0.1) is 11.7 Å². The maximum Gasteiger partial charge on any atom is 0.268 e. The third-order valence-corrected chi connectivity index (χ3v) is 5.17. The van der Waals surface area contributed by atoms with Crippen molar-refractivity contribution in [3.05, 3.63) is 46.9 Å². The molecule has 1 aromatic carbocycles. The maximum absolute atomic E-state index is 12.9. The van der Waals surface area contributed by atoms with E-state index >= 15 is 0 Å². The fraction of sp³-hybridized carbons (Fsp3) is 0.429. The minimum absolute atomic E-state index is 0.0541. The number of rotatable bonds is 6. The van der Waals surface area contributed by atoms with E-state index in [1.54, 1.807) is 0 Å². The molecule has 6 nitrogen and oxygen atoms in total. The lowest BCUT2D eigenvalue weighted by Crippen LogP contribution is -2.29. The number of aromatic amines is 1. The third-order valence-electron chi connectivity index (χ3n) is 5.17. The first kappa shape index (κ1) is 19.0. The van der Waals surface area contributed by atoms with E-state index in [0.29, 0.717) is 5.69 Å². The van der Waals surface area contributed by atoms with Gasteiger partial charge in [-0.2, -0.15) is 5.10 Å². The number of hydrogen-bond donors (Lipinski definition) is 2. The van der Waals surface area contributed by atoms with Crippen molar-refractivity contribution in [3.63, 3.8) is 0 Å². The minimum atomic E-state index is -0.0903. The van der Waals surface area contributed by atoms with E-state index in [9.17, 15) is 4.79 Å². The number of hydrogen-bond acceptors (Lipinski definition) is 3. The number of carbonyl (C=O) groups excluding carboxylic acids is 1. The second-order valence-electron chi connectivity index (χ2n) is 7.18. The van der Waals surface area contributed by atoms with Gasteiger partial charge in [0.15, 0.2) is 0 Å². The summed E-state index contributed by atoms with van der Waals surface area (Å²) in [5, 5.41) is 8.81. The molecular weight excluding hydrogens is 338 g/mol. The third kappa shape index (κ3) is 3.56. The van der Waals surface area contributed by atoms with Gasteiger partial charge in [0, 0.05) is 48.5 Å². The molecule has 0 radical (unpaired) electrons. The monoisotopic (exact) mass is 367 g/mol. The number of anilines is 1. The molecule has 1 amide bonds. The minimum Gasteiger partial charge on any atom is -0.378 e. The average molecular weight is 367 g/mol. The van der Waals surface area contributed by atoms with E-state index in [0.717, 1.165) is 46.5 Å². The summed E-state index contributed by atoms with van der Waals surface area (Å²) in [5.41, 5.74) is 5.87. The lowest BCUT2D eigenvalue weighted by atomic mass is 10.0. The van der Waals surface area contributed by atoms with Crippen molar-refractivity contribution in [1.29, 1.82) is 0 Å². The van der Waals surface area contributed by atoms with Gasteiger partial charge in [-0.3, -0.25) is 9.48 Å². The number of aryl methyl sites for hydroxylation is 2. The molecule has 0 fully saturated rings. The molecule has 3 rings (SSSR count). The predicted octanol–water partition coefficient (Wildman–Crippen LogP) is 3.95. The van der Waals surface area contributed by atoms with Crippen LogP contribution in [0.1, 0.15) is 53.7 Å². The van der Waals surface area contributed by atoms with Gasteiger partial charge in [0.2, 0.25) is 0 Å². The first-order valence-corrected chi connectivity index (χ1v) is 9.50. The van der Waals surface area contributed by atoms with E-state index in [1.807, 2.05) is 42.7 Å². The van der Waals surface area contributed by atoms with Crippen molar-refractivity contribution >= 4 is 22.5 Å². The van der Waals surface area contributed by atoms with E-state index in [4.69, 9.17) is 0 Å². The molecule has 0 aliphatic carbocycles.